The second-order valence-corrected chi connectivity index (χ2v) is 8.53. The standard InChI is InChI=1S/C23H25N3O3S/c1-5-14(2)26-22(29)19-8-6-7-9-20(19)25-23(26)30-16(4)21(28)24-18-12-10-17(11-13-18)15(3)27/h6-14,16H,5H2,1-4H3,(H,24,28)/t14-,16+/m1/s1. The Hall–Kier alpha value is -2.93. The van der Waals surface area contributed by atoms with E-state index in [1.165, 1.54) is 18.7 Å². The lowest BCUT2D eigenvalue weighted by Gasteiger charge is -2.20. The Labute approximate surface area is 179 Å². The quantitative estimate of drug-likeness (QED) is 0.339. The monoisotopic (exact) mass is 423 g/mol. The highest BCUT2D eigenvalue weighted by Gasteiger charge is 2.21. The van der Waals surface area contributed by atoms with Gasteiger partial charge < -0.3 is 5.32 Å². The summed E-state index contributed by atoms with van der Waals surface area (Å²) < 4.78 is 1.68. The first-order valence-electron chi connectivity index (χ1n) is 9.91. The van der Waals surface area contributed by atoms with Crippen molar-refractivity contribution in [2.75, 3.05) is 5.32 Å². The Morgan fingerprint density at radius 3 is 2.40 bits per heavy atom. The number of nitrogens with zero attached hydrogens (tertiary/aromatic N) is 2. The lowest BCUT2D eigenvalue weighted by Crippen LogP contribution is -2.28. The number of anilines is 1. The molecule has 0 saturated carbocycles. The van der Waals surface area contributed by atoms with Crippen LogP contribution in [-0.2, 0) is 4.79 Å². The molecular formula is C23H25N3O3S. The topological polar surface area (TPSA) is 81.1 Å². The van der Waals surface area contributed by atoms with Crippen LogP contribution in [0.15, 0.2) is 58.5 Å². The number of Topliss-reactive ketones (excluding diaryl/α,β-unsaturated/α-hetero) is 1. The molecule has 6 nitrogen and oxygen atoms in total. The molecule has 3 aromatic rings. The molecule has 0 fully saturated rings. The maximum Gasteiger partial charge on any atom is 0.262 e. The lowest BCUT2D eigenvalue weighted by atomic mass is 10.1. The number of hydrogen-bond donors (Lipinski definition) is 1. The molecule has 0 aliphatic rings. The third-order valence-corrected chi connectivity index (χ3v) is 6.08. The minimum Gasteiger partial charge on any atom is -0.325 e. The molecule has 0 spiro atoms. The van der Waals surface area contributed by atoms with Gasteiger partial charge in [0, 0.05) is 17.3 Å². The van der Waals surface area contributed by atoms with Gasteiger partial charge in [0.05, 0.1) is 16.2 Å². The molecule has 0 unspecified atom stereocenters. The Bertz CT molecular complexity index is 1140. The molecule has 0 saturated heterocycles. The molecule has 0 radical (unpaired) electrons. The first-order chi connectivity index (χ1) is 14.3. The highest BCUT2D eigenvalue weighted by atomic mass is 32.2. The van der Waals surface area contributed by atoms with Crippen molar-refractivity contribution >= 4 is 40.0 Å². The fourth-order valence-electron chi connectivity index (χ4n) is 3.02. The largest absolute Gasteiger partial charge is 0.325 e. The summed E-state index contributed by atoms with van der Waals surface area (Å²) in [6, 6.07) is 14.0. The number of amides is 1. The first-order valence-corrected chi connectivity index (χ1v) is 10.8. The molecular weight excluding hydrogens is 398 g/mol. The number of carbonyl (C=O) groups excluding carboxylic acids is 2. The van der Waals surface area contributed by atoms with Gasteiger partial charge in [0.2, 0.25) is 5.91 Å². The molecule has 2 aromatic carbocycles. The zero-order valence-electron chi connectivity index (χ0n) is 17.5. The molecule has 156 valence electrons. The SMILES string of the molecule is CC[C@@H](C)n1c(S[C@@H](C)C(=O)Nc2ccc(C(C)=O)cc2)nc2ccccc2c1=O. The van der Waals surface area contributed by atoms with E-state index in [0.29, 0.717) is 27.3 Å². The lowest BCUT2D eigenvalue weighted by molar-refractivity contribution is -0.115. The number of aromatic nitrogens is 2. The fourth-order valence-corrected chi connectivity index (χ4v) is 4.03. The van der Waals surface area contributed by atoms with Crippen molar-refractivity contribution in [3.8, 4) is 0 Å². The van der Waals surface area contributed by atoms with Gasteiger partial charge in [-0.05, 0) is 63.6 Å². The number of para-hydroxylation sites is 1. The average molecular weight is 424 g/mol. The molecule has 7 heteroatoms. The molecule has 1 N–H and O–H groups in total. The van der Waals surface area contributed by atoms with Crippen LogP contribution in [0.2, 0.25) is 0 Å². The van der Waals surface area contributed by atoms with E-state index in [4.69, 9.17) is 0 Å². The van der Waals surface area contributed by atoms with E-state index in [0.717, 1.165) is 6.42 Å². The fraction of sp³-hybridized carbons (Fsp3) is 0.304. The minimum atomic E-state index is -0.471. The number of fused-ring (bicyclic) bond motifs is 1. The summed E-state index contributed by atoms with van der Waals surface area (Å²) in [6.07, 6.45) is 0.774. The predicted molar refractivity (Wildman–Crippen MR) is 121 cm³/mol. The summed E-state index contributed by atoms with van der Waals surface area (Å²) in [6.45, 7) is 7.27. The van der Waals surface area contributed by atoms with E-state index in [1.54, 1.807) is 41.8 Å². The van der Waals surface area contributed by atoms with Crippen molar-refractivity contribution in [1.29, 1.82) is 0 Å². The Morgan fingerprint density at radius 1 is 1.10 bits per heavy atom. The van der Waals surface area contributed by atoms with Crippen LogP contribution < -0.4 is 10.9 Å². The molecule has 3 rings (SSSR count). The van der Waals surface area contributed by atoms with Gasteiger partial charge in [-0.2, -0.15) is 0 Å². The van der Waals surface area contributed by atoms with Crippen molar-refractivity contribution in [3.05, 3.63) is 64.4 Å². The van der Waals surface area contributed by atoms with Gasteiger partial charge in [-0.15, -0.1) is 0 Å². The van der Waals surface area contributed by atoms with Crippen LogP contribution in [0.25, 0.3) is 10.9 Å². The molecule has 2 atom stereocenters. The van der Waals surface area contributed by atoms with E-state index in [9.17, 15) is 14.4 Å². The van der Waals surface area contributed by atoms with Crippen molar-refractivity contribution in [2.45, 2.75) is 50.6 Å². The third-order valence-electron chi connectivity index (χ3n) is 5.02. The molecule has 1 heterocycles. The Kier molecular flexibility index (Phi) is 6.72. The zero-order chi connectivity index (χ0) is 21.8. The molecule has 1 aromatic heterocycles. The van der Waals surface area contributed by atoms with Crippen LogP contribution in [-0.4, -0.2) is 26.5 Å². The van der Waals surface area contributed by atoms with E-state index in [-0.39, 0.29) is 23.3 Å². The van der Waals surface area contributed by atoms with E-state index >= 15 is 0 Å². The van der Waals surface area contributed by atoms with Gasteiger partial charge >= 0.3 is 0 Å². The van der Waals surface area contributed by atoms with Crippen LogP contribution in [0.1, 0.15) is 50.5 Å². The summed E-state index contributed by atoms with van der Waals surface area (Å²) in [5.41, 5.74) is 1.73. The molecule has 0 aliphatic carbocycles. The van der Waals surface area contributed by atoms with Gasteiger partial charge in [0.25, 0.3) is 5.56 Å². The van der Waals surface area contributed by atoms with Gasteiger partial charge in [0.1, 0.15) is 0 Å². The molecule has 30 heavy (non-hydrogen) atoms. The van der Waals surface area contributed by atoms with Crippen molar-refractivity contribution in [2.24, 2.45) is 0 Å². The number of nitrogens with one attached hydrogen (secondary N) is 1. The summed E-state index contributed by atoms with van der Waals surface area (Å²) >= 11 is 1.26. The summed E-state index contributed by atoms with van der Waals surface area (Å²) in [5, 5.41) is 3.49. The maximum atomic E-state index is 13.1. The summed E-state index contributed by atoms with van der Waals surface area (Å²) in [4.78, 5) is 41.9. The highest BCUT2D eigenvalue weighted by molar-refractivity contribution is 8.00. The minimum absolute atomic E-state index is 0.0257. The molecule has 1 amide bonds. The number of benzene rings is 2. The third kappa shape index (κ3) is 4.62. The Balaban J connectivity index is 1.86. The van der Waals surface area contributed by atoms with E-state index < -0.39 is 5.25 Å². The van der Waals surface area contributed by atoms with Crippen LogP contribution in [0.3, 0.4) is 0 Å². The number of ketones is 1. The number of hydrogen-bond acceptors (Lipinski definition) is 5. The normalized spacial score (nSPS) is 13.1. The highest BCUT2D eigenvalue weighted by Crippen LogP contribution is 2.26. The number of carbonyl (C=O) groups is 2. The van der Waals surface area contributed by atoms with Gasteiger partial charge in [-0.3, -0.25) is 19.0 Å². The summed E-state index contributed by atoms with van der Waals surface area (Å²) in [5.74, 6) is -0.226. The van der Waals surface area contributed by atoms with Crippen molar-refractivity contribution in [3.63, 3.8) is 0 Å². The van der Waals surface area contributed by atoms with Gasteiger partial charge in [-0.1, -0.05) is 30.8 Å². The van der Waals surface area contributed by atoms with Crippen molar-refractivity contribution < 1.29 is 9.59 Å². The van der Waals surface area contributed by atoms with Crippen LogP contribution >= 0.6 is 11.8 Å². The molecule has 0 aliphatic heterocycles. The smallest absolute Gasteiger partial charge is 0.262 e. The van der Waals surface area contributed by atoms with Gasteiger partial charge in [-0.25, -0.2) is 4.98 Å². The zero-order valence-corrected chi connectivity index (χ0v) is 18.3. The molecule has 0 bridgehead atoms. The summed E-state index contributed by atoms with van der Waals surface area (Å²) in [7, 11) is 0. The number of rotatable bonds is 7. The van der Waals surface area contributed by atoms with Gasteiger partial charge in [0.15, 0.2) is 10.9 Å². The average Bonchev–Trinajstić information content (AvgIpc) is 2.73. The van der Waals surface area contributed by atoms with Crippen molar-refractivity contribution in [1.82, 2.24) is 9.55 Å². The second-order valence-electron chi connectivity index (χ2n) is 7.23. The number of thioether (sulfide) groups is 1. The van der Waals surface area contributed by atoms with E-state index in [2.05, 4.69) is 10.3 Å². The second kappa shape index (κ2) is 9.26. The van der Waals surface area contributed by atoms with E-state index in [1.807, 2.05) is 32.0 Å². The maximum absolute atomic E-state index is 13.1. The predicted octanol–water partition coefficient (Wildman–Crippen LogP) is 4.69. The Morgan fingerprint density at radius 2 is 1.77 bits per heavy atom. The first kappa shape index (κ1) is 21.8. The van der Waals surface area contributed by atoms with Crippen LogP contribution in [0.4, 0.5) is 5.69 Å². The van der Waals surface area contributed by atoms with Crippen LogP contribution in [0, 0.1) is 0 Å². The van der Waals surface area contributed by atoms with Crippen LogP contribution in [0.5, 0.6) is 0 Å².